The van der Waals surface area contributed by atoms with Gasteiger partial charge in [0.25, 0.3) is 11.8 Å². The lowest BCUT2D eigenvalue weighted by Crippen LogP contribution is -2.43. The molecule has 0 aliphatic rings. The summed E-state index contributed by atoms with van der Waals surface area (Å²) in [4.78, 5) is 24.6. The van der Waals surface area contributed by atoms with Gasteiger partial charge >= 0.3 is 0 Å². The molecule has 6 nitrogen and oxygen atoms in total. The van der Waals surface area contributed by atoms with E-state index in [9.17, 15) is 9.59 Å². The number of ether oxygens (including phenoxy) is 2. The number of hydrogen-bond acceptors (Lipinski definition) is 4. The van der Waals surface area contributed by atoms with Gasteiger partial charge in [-0.05, 0) is 30.0 Å². The Balaban J connectivity index is 1.52. The van der Waals surface area contributed by atoms with Gasteiger partial charge in [0.15, 0.2) is 6.61 Å². The first-order chi connectivity index (χ1) is 14.7. The van der Waals surface area contributed by atoms with Crippen molar-refractivity contribution in [1.29, 1.82) is 0 Å². The highest BCUT2D eigenvalue weighted by molar-refractivity contribution is 5.98. The van der Waals surface area contributed by atoms with Gasteiger partial charge in [-0.3, -0.25) is 20.4 Å². The third kappa shape index (κ3) is 5.73. The smallest absolute Gasteiger partial charge is 0.276 e. The fourth-order valence-electron chi connectivity index (χ4n) is 3.01. The summed E-state index contributed by atoms with van der Waals surface area (Å²) in [6.45, 7) is 2.45. The maximum Gasteiger partial charge on any atom is 0.276 e. The molecular formula is C24H26N2O4. The van der Waals surface area contributed by atoms with Gasteiger partial charge in [0, 0.05) is 5.39 Å². The van der Waals surface area contributed by atoms with Gasteiger partial charge in [-0.25, -0.2) is 0 Å². The maximum atomic E-state index is 12.5. The fraction of sp³-hybridized carbons (Fsp3) is 0.250. The van der Waals surface area contributed by atoms with Crippen LogP contribution >= 0.6 is 0 Å². The quantitative estimate of drug-likeness (QED) is 0.411. The molecule has 0 saturated heterocycles. The van der Waals surface area contributed by atoms with Crippen LogP contribution in [0, 0.1) is 0 Å². The van der Waals surface area contributed by atoms with Gasteiger partial charge in [0.05, 0.1) is 12.2 Å². The van der Waals surface area contributed by atoms with E-state index >= 15 is 0 Å². The van der Waals surface area contributed by atoms with Gasteiger partial charge in [0.1, 0.15) is 11.5 Å². The number of hydrogen-bond donors (Lipinski definition) is 2. The van der Waals surface area contributed by atoms with Crippen molar-refractivity contribution in [1.82, 2.24) is 10.9 Å². The molecule has 2 amide bonds. The molecule has 30 heavy (non-hydrogen) atoms. The maximum absolute atomic E-state index is 12.5. The number of carbonyl (C=O) groups excluding carboxylic acids is 2. The molecule has 3 aromatic carbocycles. The molecule has 0 aliphatic carbocycles. The van der Waals surface area contributed by atoms with Crippen LogP contribution in [0.25, 0.3) is 10.8 Å². The number of rotatable bonds is 9. The third-order valence-corrected chi connectivity index (χ3v) is 4.56. The van der Waals surface area contributed by atoms with Gasteiger partial charge in [0.2, 0.25) is 0 Å². The van der Waals surface area contributed by atoms with Crippen molar-refractivity contribution in [2.45, 2.75) is 26.2 Å². The topological polar surface area (TPSA) is 76.7 Å². The predicted octanol–water partition coefficient (Wildman–Crippen LogP) is 4.25. The first-order valence-electron chi connectivity index (χ1n) is 10.1. The van der Waals surface area contributed by atoms with Gasteiger partial charge in [-0.15, -0.1) is 0 Å². The standard InChI is InChI=1S/C24H26N2O4/c1-2-3-8-16-29-22-14-7-6-13-20(22)24(28)26-25-23(27)17-30-21-15-9-11-18-10-4-5-12-19(18)21/h4-7,9-15H,2-3,8,16-17H2,1H3,(H,25,27)(H,26,28). The number of benzene rings is 3. The van der Waals surface area contributed by atoms with E-state index in [4.69, 9.17) is 9.47 Å². The van der Waals surface area contributed by atoms with Crippen LogP contribution in [0.2, 0.25) is 0 Å². The Labute approximate surface area is 176 Å². The van der Waals surface area contributed by atoms with Crippen LogP contribution in [0.15, 0.2) is 66.7 Å². The van der Waals surface area contributed by atoms with Crippen LogP contribution in [0.3, 0.4) is 0 Å². The van der Waals surface area contributed by atoms with Crippen LogP contribution in [-0.2, 0) is 4.79 Å². The lowest BCUT2D eigenvalue weighted by molar-refractivity contribution is -0.123. The van der Waals surface area contributed by atoms with E-state index in [1.165, 1.54) is 0 Å². The summed E-state index contributed by atoms with van der Waals surface area (Å²) in [6, 6.07) is 20.4. The number of unbranched alkanes of at least 4 members (excludes halogenated alkanes) is 2. The van der Waals surface area contributed by atoms with E-state index in [0.29, 0.717) is 23.7 Å². The molecule has 0 fully saturated rings. The van der Waals surface area contributed by atoms with Gasteiger partial charge in [-0.1, -0.05) is 68.3 Å². The second kappa shape index (κ2) is 10.9. The predicted molar refractivity (Wildman–Crippen MR) is 117 cm³/mol. The van der Waals surface area contributed by atoms with Crippen molar-refractivity contribution in [3.8, 4) is 11.5 Å². The lowest BCUT2D eigenvalue weighted by Gasteiger charge is -2.13. The Morgan fingerprint density at radius 1 is 0.800 bits per heavy atom. The number of hydrazine groups is 1. The molecule has 0 atom stereocenters. The van der Waals surface area contributed by atoms with E-state index in [1.54, 1.807) is 24.3 Å². The van der Waals surface area contributed by atoms with Crippen molar-refractivity contribution in [3.63, 3.8) is 0 Å². The van der Waals surface area contributed by atoms with Crippen LogP contribution < -0.4 is 20.3 Å². The van der Waals surface area contributed by atoms with Gasteiger partial charge < -0.3 is 9.47 Å². The third-order valence-electron chi connectivity index (χ3n) is 4.56. The molecule has 0 aromatic heterocycles. The lowest BCUT2D eigenvalue weighted by atomic mass is 10.1. The Hall–Kier alpha value is -3.54. The Morgan fingerprint density at radius 3 is 2.40 bits per heavy atom. The minimum Gasteiger partial charge on any atom is -0.493 e. The minimum atomic E-state index is -0.461. The van der Waals surface area contributed by atoms with E-state index in [0.717, 1.165) is 30.0 Å². The van der Waals surface area contributed by atoms with E-state index < -0.39 is 11.8 Å². The number of para-hydroxylation sites is 1. The fourth-order valence-corrected chi connectivity index (χ4v) is 3.01. The average Bonchev–Trinajstić information content (AvgIpc) is 2.79. The second-order valence-electron chi connectivity index (χ2n) is 6.82. The molecule has 156 valence electrons. The molecule has 0 aliphatic heterocycles. The molecule has 3 rings (SSSR count). The van der Waals surface area contributed by atoms with E-state index in [1.807, 2.05) is 42.5 Å². The number of fused-ring (bicyclic) bond motifs is 1. The SMILES string of the molecule is CCCCCOc1ccccc1C(=O)NNC(=O)COc1cccc2ccccc12. The summed E-state index contributed by atoms with van der Waals surface area (Å²) in [5.41, 5.74) is 5.16. The van der Waals surface area contributed by atoms with Crippen molar-refractivity contribution in [2.24, 2.45) is 0 Å². The first kappa shape index (κ1) is 21.2. The summed E-state index contributed by atoms with van der Waals surface area (Å²) >= 11 is 0. The largest absolute Gasteiger partial charge is 0.493 e. The molecule has 0 saturated carbocycles. The highest BCUT2D eigenvalue weighted by atomic mass is 16.5. The monoisotopic (exact) mass is 406 g/mol. The van der Waals surface area contributed by atoms with Crippen LogP contribution in [-0.4, -0.2) is 25.0 Å². The van der Waals surface area contributed by atoms with Crippen molar-refractivity contribution in [3.05, 3.63) is 72.3 Å². The normalized spacial score (nSPS) is 10.4. The number of amides is 2. The minimum absolute atomic E-state index is 0.219. The molecular weight excluding hydrogens is 380 g/mol. The molecule has 3 aromatic rings. The number of nitrogens with one attached hydrogen (secondary N) is 2. The molecule has 0 spiro atoms. The molecule has 0 bridgehead atoms. The summed E-state index contributed by atoms with van der Waals surface area (Å²) in [7, 11) is 0. The Kier molecular flexibility index (Phi) is 7.66. The van der Waals surface area contributed by atoms with Crippen LogP contribution in [0.4, 0.5) is 0 Å². The van der Waals surface area contributed by atoms with Crippen molar-refractivity contribution < 1.29 is 19.1 Å². The second-order valence-corrected chi connectivity index (χ2v) is 6.82. The van der Waals surface area contributed by atoms with E-state index in [2.05, 4.69) is 17.8 Å². The molecule has 0 unspecified atom stereocenters. The van der Waals surface area contributed by atoms with Crippen LogP contribution in [0.5, 0.6) is 11.5 Å². The summed E-state index contributed by atoms with van der Waals surface area (Å²) < 4.78 is 11.3. The Bertz CT molecular complexity index is 998. The zero-order valence-electron chi connectivity index (χ0n) is 17.0. The molecule has 0 heterocycles. The zero-order chi connectivity index (χ0) is 21.2. The zero-order valence-corrected chi connectivity index (χ0v) is 17.0. The summed E-state index contributed by atoms with van der Waals surface area (Å²) in [6.07, 6.45) is 3.09. The molecule has 2 N–H and O–H groups in total. The van der Waals surface area contributed by atoms with Crippen molar-refractivity contribution >= 4 is 22.6 Å². The summed E-state index contributed by atoms with van der Waals surface area (Å²) in [5, 5.41) is 1.95. The molecule has 0 radical (unpaired) electrons. The average molecular weight is 406 g/mol. The number of carbonyl (C=O) groups is 2. The highest BCUT2D eigenvalue weighted by Gasteiger charge is 2.13. The van der Waals surface area contributed by atoms with Gasteiger partial charge in [-0.2, -0.15) is 0 Å². The van der Waals surface area contributed by atoms with Crippen LogP contribution in [0.1, 0.15) is 36.5 Å². The summed E-state index contributed by atoms with van der Waals surface area (Å²) in [5.74, 6) is 0.199. The molecule has 6 heteroatoms. The van der Waals surface area contributed by atoms with E-state index in [-0.39, 0.29) is 6.61 Å². The Morgan fingerprint density at radius 2 is 1.53 bits per heavy atom. The first-order valence-corrected chi connectivity index (χ1v) is 10.1. The highest BCUT2D eigenvalue weighted by Crippen LogP contribution is 2.25. The van der Waals surface area contributed by atoms with Crippen molar-refractivity contribution in [2.75, 3.05) is 13.2 Å².